The maximum Gasteiger partial charge on any atom is 0.252 e. The summed E-state index contributed by atoms with van der Waals surface area (Å²) in [5.74, 6) is -0.0361. The zero-order chi connectivity index (χ0) is 13.8. The van der Waals surface area contributed by atoms with Crippen molar-refractivity contribution in [2.24, 2.45) is 0 Å². The van der Waals surface area contributed by atoms with Gasteiger partial charge in [0.25, 0.3) is 5.91 Å². The Kier molecular flexibility index (Phi) is 4.77. The molecule has 0 unspecified atom stereocenters. The van der Waals surface area contributed by atoms with Gasteiger partial charge in [0.1, 0.15) is 0 Å². The van der Waals surface area contributed by atoms with Gasteiger partial charge in [0.2, 0.25) is 0 Å². The van der Waals surface area contributed by atoms with Crippen molar-refractivity contribution < 1.29 is 4.79 Å². The molecular weight excluding hydrogens is 322 g/mol. The van der Waals surface area contributed by atoms with Crippen LogP contribution in [0.1, 0.15) is 33.3 Å². The van der Waals surface area contributed by atoms with Crippen LogP contribution in [0.15, 0.2) is 34.1 Å². The Morgan fingerprint density at radius 1 is 1.37 bits per heavy atom. The van der Waals surface area contributed by atoms with E-state index in [-0.39, 0.29) is 5.91 Å². The van der Waals surface area contributed by atoms with Crippen LogP contribution >= 0.6 is 27.3 Å². The van der Waals surface area contributed by atoms with Crippen molar-refractivity contribution in [1.82, 2.24) is 5.32 Å². The van der Waals surface area contributed by atoms with E-state index in [0.29, 0.717) is 12.1 Å². The van der Waals surface area contributed by atoms with Crippen molar-refractivity contribution in [3.05, 3.63) is 55.7 Å². The number of rotatable bonds is 4. The third-order valence-electron chi connectivity index (χ3n) is 2.99. The number of halogens is 1. The van der Waals surface area contributed by atoms with E-state index in [1.54, 1.807) is 11.3 Å². The second-order valence-corrected chi connectivity index (χ2v) is 6.24. The number of hydrogen-bond acceptors (Lipinski definition) is 2. The summed E-state index contributed by atoms with van der Waals surface area (Å²) in [6.45, 7) is 4.71. The van der Waals surface area contributed by atoms with Crippen LogP contribution in [0.4, 0.5) is 0 Å². The van der Waals surface area contributed by atoms with Gasteiger partial charge >= 0.3 is 0 Å². The molecule has 0 aliphatic heterocycles. The molecule has 0 spiro atoms. The highest BCUT2D eigenvalue weighted by atomic mass is 79.9. The summed E-state index contributed by atoms with van der Waals surface area (Å²) in [5.41, 5.74) is 3.09. The van der Waals surface area contributed by atoms with Gasteiger partial charge < -0.3 is 5.32 Å². The van der Waals surface area contributed by atoms with Crippen LogP contribution in [-0.4, -0.2) is 5.91 Å². The number of carbonyl (C=O) groups excluding carboxylic acids is 1. The largest absolute Gasteiger partial charge is 0.347 e. The normalized spacial score (nSPS) is 10.5. The molecule has 19 heavy (non-hydrogen) atoms. The summed E-state index contributed by atoms with van der Waals surface area (Å²) in [5, 5.41) is 5.06. The summed E-state index contributed by atoms with van der Waals surface area (Å²) in [7, 11) is 0. The van der Waals surface area contributed by atoms with E-state index in [1.807, 2.05) is 25.1 Å². The summed E-state index contributed by atoms with van der Waals surface area (Å²) >= 11 is 5.11. The van der Waals surface area contributed by atoms with Gasteiger partial charge in [-0.05, 0) is 58.4 Å². The topological polar surface area (TPSA) is 29.1 Å². The number of nitrogens with one attached hydrogen (secondary N) is 1. The minimum absolute atomic E-state index is 0.0361. The Hall–Kier alpha value is -1.13. The molecule has 1 N–H and O–H groups in total. The van der Waals surface area contributed by atoms with Crippen LogP contribution in [0.5, 0.6) is 0 Å². The molecule has 0 aliphatic carbocycles. The molecule has 0 radical (unpaired) electrons. The molecule has 0 aliphatic rings. The molecule has 0 bridgehead atoms. The maximum absolute atomic E-state index is 12.2. The highest BCUT2D eigenvalue weighted by molar-refractivity contribution is 9.10. The van der Waals surface area contributed by atoms with E-state index < -0.39 is 0 Å². The van der Waals surface area contributed by atoms with E-state index in [4.69, 9.17) is 0 Å². The van der Waals surface area contributed by atoms with E-state index in [0.717, 1.165) is 16.5 Å². The van der Waals surface area contributed by atoms with Gasteiger partial charge in [-0.15, -0.1) is 11.3 Å². The number of thiophene rings is 1. The number of aryl methyl sites for hydroxylation is 2. The fraction of sp³-hybridized carbons (Fsp3) is 0.267. The predicted molar refractivity (Wildman–Crippen MR) is 83.7 cm³/mol. The Bertz CT molecular complexity index is 592. The Morgan fingerprint density at radius 3 is 2.89 bits per heavy atom. The number of amides is 1. The van der Waals surface area contributed by atoms with E-state index in [2.05, 4.69) is 39.6 Å². The van der Waals surface area contributed by atoms with Crippen molar-refractivity contribution in [1.29, 1.82) is 0 Å². The first kappa shape index (κ1) is 14.3. The van der Waals surface area contributed by atoms with Gasteiger partial charge in [0.05, 0.1) is 12.1 Å². The quantitative estimate of drug-likeness (QED) is 0.884. The average Bonchev–Trinajstić information content (AvgIpc) is 2.86. The monoisotopic (exact) mass is 337 g/mol. The Labute approximate surface area is 126 Å². The lowest BCUT2D eigenvalue weighted by atomic mass is 10.1. The first-order valence-electron chi connectivity index (χ1n) is 6.21. The minimum atomic E-state index is -0.0361. The van der Waals surface area contributed by atoms with E-state index in [9.17, 15) is 4.79 Å². The third-order valence-corrected chi connectivity index (χ3v) is 4.65. The Morgan fingerprint density at radius 2 is 2.16 bits per heavy atom. The molecule has 100 valence electrons. The van der Waals surface area contributed by atoms with Crippen LogP contribution < -0.4 is 5.32 Å². The van der Waals surface area contributed by atoms with Gasteiger partial charge in [-0.3, -0.25) is 4.79 Å². The van der Waals surface area contributed by atoms with Crippen molar-refractivity contribution in [3.63, 3.8) is 0 Å². The number of benzene rings is 1. The van der Waals surface area contributed by atoms with Gasteiger partial charge in [-0.25, -0.2) is 0 Å². The fourth-order valence-corrected chi connectivity index (χ4v) is 3.25. The summed E-state index contributed by atoms with van der Waals surface area (Å²) in [6.07, 6.45) is 1.00. The lowest BCUT2D eigenvalue weighted by Gasteiger charge is -2.08. The smallest absolute Gasteiger partial charge is 0.252 e. The molecule has 1 aromatic heterocycles. The standard InChI is InChI=1S/C15H16BrNOS/c1-3-11-6-7-19-14(11)9-17-15(18)12-8-10(2)4-5-13(12)16/h4-8H,3,9H2,1-2H3,(H,17,18). The second-order valence-electron chi connectivity index (χ2n) is 4.39. The molecule has 0 fully saturated rings. The van der Waals surface area contributed by atoms with Crippen molar-refractivity contribution in [2.75, 3.05) is 0 Å². The average molecular weight is 338 g/mol. The molecule has 2 rings (SSSR count). The van der Waals surface area contributed by atoms with Crippen LogP contribution in [0.25, 0.3) is 0 Å². The van der Waals surface area contributed by atoms with Crippen LogP contribution in [0.3, 0.4) is 0 Å². The molecule has 0 saturated heterocycles. The number of hydrogen-bond donors (Lipinski definition) is 1. The zero-order valence-corrected chi connectivity index (χ0v) is 13.4. The molecule has 1 amide bonds. The molecule has 1 heterocycles. The van der Waals surface area contributed by atoms with Gasteiger partial charge in [0, 0.05) is 9.35 Å². The van der Waals surface area contributed by atoms with Crippen molar-refractivity contribution in [3.8, 4) is 0 Å². The van der Waals surface area contributed by atoms with Gasteiger partial charge in [0.15, 0.2) is 0 Å². The summed E-state index contributed by atoms with van der Waals surface area (Å²) in [4.78, 5) is 13.4. The second kappa shape index (κ2) is 6.35. The number of carbonyl (C=O) groups is 1. The van der Waals surface area contributed by atoms with Gasteiger partial charge in [-0.1, -0.05) is 18.6 Å². The molecular formula is C15H16BrNOS. The maximum atomic E-state index is 12.2. The minimum Gasteiger partial charge on any atom is -0.347 e. The molecule has 2 nitrogen and oxygen atoms in total. The zero-order valence-electron chi connectivity index (χ0n) is 11.0. The molecule has 0 atom stereocenters. The lowest BCUT2D eigenvalue weighted by Crippen LogP contribution is -2.23. The highest BCUT2D eigenvalue weighted by Gasteiger charge is 2.11. The van der Waals surface area contributed by atoms with Crippen LogP contribution in [0, 0.1) is 6.92 Å². The van der Waals surface area contributed by atoms with Crippen LogP contribution in [0.2, 0.25) is 0 Å². The van der Waals surface area contributed by atoms with E-state index >= 15 is 0 Å². The molecule has 1 aromatic carbocycles. The first-order chi connectivity index (χ1) is 9.11. The van der Waals surface area contributed by atoms with Crippen molar-refractivity contribution in [2.45, 2.75) is 26.8 Å². The lowest BCUT2D eigenvalue weighted by molar-refractivity contribution is 0.0950. The fourth-order valence-electron chi connectivity index (χ4n) is 1.91. The Balaban J connectivity index is 2.07. The van der Waals surface area contributed by atoms with Crippen LogP contribution in [-0.2, 0) is 13.0 Å². The third kappa shape index (κ3) is 3.45. The summed E-state index contributed by atoms with van der Waals surface area (Å²) < 4.78 is 0.831. The highest BCUT2D eigenvalue weighted by Crippen LogP contribution is 2.20. The summed E-state index contributed by atoms with van der Waals surface area (Å²) in [6, 6.07) is 7.91. The molecule has 2 aromatic rings. The SMILES string of the molecule is CCc1ccsc1CNC(=O)c1cc(C)ccc1Br. The molecule has 4 heteroatoms. The van der Waals surface area contributed by atoms with Crippen molar-refractivity contribution >= 4 is 33.2 Å². The van der Waals surface area contributed by atoms with Gasteiger partial charge in [-0.2, -0.15) is 0 Å². The van der Waals surface area contributed by atoms with E-state index in [1.165, 1.54) is 10.4 Å². The predicted octanol–water partition coefficient (Wildman–Crippen LogP) is 4.31. The first-order valence-corrected chi connectivity index (χ1v) is 7.88. The molecule has 0 saturated carbocycles.